The van der Waals surface area contributed by atoms with Crippen molar-refractivity contribution in [3.63, 3.8) is 0 Å². The van der Waals surface area contributed by atoms with Crippen LogP contribution in [0.2, 0.25) is 0 Å². The third kappa shape index (κ3) is 1.39. The highest BCUT2D eigenvalue weighted by Gasteiger charge is 2.12. The highest BCUT2D eigenvalue weighted by Crippen LogP contribution is 2.19. The Hall–Kier alpha value is -2.10. The zero-order valence-corrected chi connectivity index (χ0v) is 9.02. The van der Waals surface area contributed by atoms with Gasteiger partial charge < -0.3 is 9.67 Å². The topological polar surface area (TPSA) is 59.3 Å². The van der Waals surface area contributed by atoms with Crippen molar-refractivity contribution < 1.29 is 9.90 Å². The highest BCUT2D eigenvalue weighted by molar-refractivity contribution is 6.04. The zero-order valence-electron chi connectivity index (χ0n) is 9.02. The van der Waals surface area contributed by atoms with E-state index in [9.17, 15) is 9.59 Å². The van der Waals surface area contributed by atoms with E-state index in [2.05, 4.69) is 0 Å². The number of aryl methyl sites for hydroxylation is 2. The van der Waals surface area contributed by atoms with Crippen LogP contribution < -0.4 is 5.56 Å². The van der Waals surface area contributed by atoms with Crippen LogP contribution in [0.25, 0.3) is 10.8 Å². The Bertz CT molecular complexity index is 640. The average molecular weight is 217 g/mol. The third-order valence-corrected chi connectivity index (χ3v) is 2.63. The van der Waals surface area contributed by atoms with Gasteiger partial charge in [-0.15, -0.1) is 0 Å². The van der Waals surface area contributed by atoms with E-state index >= 15 is 0 Å². The van der Waals surface area contributed by atoms with Gasteiger partial charge in [0.25, 0.3) is 5.56 Å². The van der Waals surface area contributed by atoms with E-state index in [-0.39, 0.29) is 11.1 Å². The van der Waals surface area contributed by atoms with E-state index in [0.29, 0.717) is 10.8 Å². The van der Waals surface area contributed by atoms with E-state index in [4.69, 9.17) is 5.11 Å². The lowest BCUT2D eigenvalue weighted by molar-refractivity contribution is 0.0699. The molecule has 2 rings (SSSR count). The van der Waals surface area contributed by atoms with E-state index in [0.717, 1.165) is 5.56 Å². The first-order valence-corrected chi connectivity index (χ1v) is 4.84. The van der Waals surface area contributed by atoms with Crippen molar-refractivity contribution in [3.8, 4) is 0 Å². The van der Waals surface area contributed by atoms with Gasteiger partial charge >= 0.3 is 5.97 Å². The number of hydrogen-bond donors (Lipinski definition) is 1. The first-order valence-electron chi connectivity index (χ1n) is 4.84. The summed E-state index contributed by atoms with van der Waals surface area (Å²) in [6, 6.07) is 4.75. The molecule has 0 fully saturated rings. The predicted molar refractivity (Wildman–Crippen MR) is 60.9 cm³/mol. The van der Waals surface area contributed by atoms with E-state index in [1.54, 1.807) is 32.3 Å². The number of aromatic nitrogens is 1. The first-order chi connectivity index (χ1) is 7.52. The van der Waals surface area contributed by atoms with Gasteiger partial charge in [0.15, 0.2) is 0 Å². The first kappa shape index (κ1) is 10.4. The minimum absolute atomic E-state index is 0.174. The number of nitrogens with zero attached hydrogens (tertiary/aromatic N) is 1. The van der Waals surface area contributed by atoms with E-state index in [1.807, 2.05) is 0 Å². The van der Waals surface area contributed by atoms with Crippen molar-refractivity contribution in [2.24, 2.45) is 7.05 Å². The van der Waals surface area contributed by atoms with Crippen LogP contribution in [0.4, 0.5) is 0 Å². The summed E-state index contributed by atoms with van der Waals surface area (Å²) in [5, 5.41) is 10.0. The van der Waals surface area contributed by atoms with Crippen LogP contribution in [0.1, 0.15) is 15.9 Å². The molecule has 1 aromatic heterocycles. The molecule has 0 saturated carbocycles. The standard InChI is InChI=1S/C12H11NO3/c1-7-6-13(2)11(14)8-4-3-5-9(10(7)8)12(15)16/h3-6H,1-2H3,(H,15,16). The fourth-order valence-electron chi connectivity index (χ4n) is 1.94. The second kappa shape index (κ2) is 3.48. The summed E-state index contributed by atoms with van der Waals surface area (Å²) in [7, 11) is 1.65. The third-order valence-electron chi connectivity index (χ3n) is 2.63. The summed E-state index contributed by atoms with van der Waals surface area (Å²) in [4.78, 5) is 22.9. The molecule has 0 aliphatic carbocycles. The molecule has 0 aliphatic rings. The smallest absolute Gasteiger partial charge is 0.336 e. The molecule has 4 nitrogen and oxygen atoms in total. The van der Waals surface area contributed by atoms with Gasteiger partial charge in [0.2, 0.25) is 0 Å². The number of fused-ring (bicyclic) bond motifs is 1. The second-order valence-electron chi connectivity index (χ2n) is 3.76. The summed E-state index contributed by atoms with van der Waals surface area (Å²) >= 11 is 0. The molecule has 1 N–H and O–H groups in total. The Morgan fingerprint density at radius 3 is 2.69 bits per heavy atom. The number of rotatable bonds is 1. The fourth-order valence-corrected chi connectivity index (χ4v) is 1.94. The maximum Gasteiger partial charge on any atom is 0.336 e. The molecule has 0 bridgehead atoms. The number of benzene rings is 1. The van der Waals surface area contributed by atoms with Gasteiger partial charge in [0.1, 0.15) is 0 Å². The summed E-state index contributed by atoms with van der Waals surface area (Å²) in [6.07, 6.45) is 1.65. The number of aromatic carboxylic acids is 1. The molecule has 16 heavy (non-hydrogen) atoms. The molecule has 1 aromatic carbocycles. The molecule has 0 amide bonds. The Morgan fingerprint density at radius 1 is 1.38 bits per heavy atom. The van der Waals surface area contributed by atoms with Crippen molar-refractivity contribution in [2.45, 2.75) is 6.92 Å². The number of carboxylic acids is 1. The Kier molecular flexibility index (Phi) is 2.27. The summed E-state index contributed by atoms with van der Waals surface area (Å²) in [6.45, 7) is 1.80. The monoisotopic (exact) mass is 217 g/mol. The number of hydrogen-bond acceptors (Lipinski definition) is 2. The second-order valence-corrected chi connectivity index (χ2v) is 3.76. The van der Waals surface area contributed by atoms with Gasteiger partial charge in [0, 0.05) is 24.0 Å². The molecule has 0 aliphatic heterocycles. The fraction of sp³-hybridized carbons (Fsp3) is 0.167. The van der Waals surface area contributed by atoms with Crippen LogP contribution in [-0.4, -0.2) is 15.6 Å². The molecule has 0 atom stereocenters. The lowest BCUT2D eigenvalue weighted by atomic mass is 10.0. The maximum atomic E-state index is 11.8. The SMILES string of the molecule is Cc1cn(C)c(=O)c2cccc(C(=O)O)c12. The van der Waals surface area contributed by atoms with Crippen molar-refractivity contribution in [1.29, 1.82) is 0 Å². The van der Waals surface area contributed by atoms with Crippen LogP contribution >= 0.6 is 0 Å². The van der Waals surface area contributed by atoms with Crippen LogP contribution in [0, 0.1) is 6.92 Å². The van der Waals surface area contributed by atoms with E-state index < -0.39 is 5.97 Å². The average Bonchev–Trinajstić information content (AvgIpc) is 2.25. The van der Waals surface area contributed by atoms with Gasteiger partial charge in [-0.1, -0.05) is 6.07 Å². The zero-order chi connectivity index (χ0) is 11.9. The molecule has 1 heterocycles. The Morgan fingerprint density at radius 2 is 2.06 bits per heavy atom. The van der Waals surface area contributed by atoms with Crippen LogP contribution in [0.3, 0.4) is 0 Å². The number of carbonyl (C=O) groups is 1. The number of pyridine rings is 1. The quantitative estimate of drug-likeness (QED) is 0.788. The Labute approximate surface area is 91.8 Å². The van der Waals surface area contributed by atoms with Crippen molar-refractivity contribution >= 4 is 16.7 Å². The van der Waals surface area contributed by atoms with Gasteiger partial charge in [-0.3, -0.25) is 4.79 Å². The van der Waals surface area contributed by atoms with Gasteiger partial charge in [-0.05, 0) is 24.6 Å². The van der Waals surface area contributed by atoms with Crippen molar-refractivity contribution in [2.75, 3.05) is 0 Å². The molecule has 0 unspecified atom stereocenters. The van der Waals surface area contributed by atoms with Gasteiger partial charge in [-0.2, -0.15) is 0 Å². The minimum atomic E-state index is -1.01. The molecule has 0 saturated heterocycles. The van der Waals surface area contributed by atoms with Gasteiger partial charge in [-0.25, -0.2) is 4.79 Å². The molecular weight excluding hydrogens is 206 g/mol. The largest absolute Gasteiger partial charge is 0.478 e. The van der Waals surface area contributed by atoms with Crippen molar-refractivity contribution in [3.05, 3.63) is 45.9 Å². The molecule has 0 radical (unpaired) electrons. The minimum Gasteiger partial charge on any atom is -0.478 e. The molecular formula is C12H11NO3. The van der Waals surface area contributed by atoms with Crippen molar-refractivity contribution in [1.82, 2.24) is 4.57 Å². The summed E-state index contributed by atoms with van der Waals surface area (Å²) in [5.41, 5.74) is 0.784. The van der Waals surface area contributed by atoms with Crippen LogP contribution in [0.15, 0.2) is 29.2 Å². The van der Waals surface area contributed by atoms with Crippen LogP contribution in [0.5, 0.6) is 0 Å². The summed E-state index contributed by atoms with van der Waals surface area (Å²) < 4.78 is 1.46. The number of carboxylic acid groups (broad SMARTS) is 1. The summed E-state index contributed by atoms with van der Waals surface area (Å²) in [5.74, 6) is -1.01. The highest BCUT2D eigenvalue weighted by atomic mass is 16.4. The van der Waals surface area contributed by atoms with Crippen LogP contribution in [-0.2, 0) is 7.05 Å². The maximum absolute atomic E-state index is 11.8. The molecule has 82 valence electrons. The molecule has 2 aromatic rings. The van der Waals surface area contributed by atoms with E-state index in [1.165, 1.54) is 10.6 Å². The molecule has 4 heteroatoms. The van der Waals surface area contributed by atoms with Gasteiger partial charge in [0.05, 0.1) is 5.56 Å². The lowest BCUT2D eigenvalue weighted by Gasteiger charge is -2.07. The lowest BCUT2D eigenvalue weighted by Crippen LogP contribution is -2.17. The Balaban J connectivity index is 3.05. The molecule has 0 spiro atoms. The predicted octanol–water partition coefficient (Wildman–Crippen LogP) is 1.55. The normalized spacial score (nSPS) is 10.6.